The molecule has 0 radical (unpaired) electrons. The summed E-state index contributed by atoms with van der Waals surface area (Å²) in [5, 5.41) is -8.05. The first kappa shape index (κ1) is 54.3. The summed E-state index contributed by atoms with van der Waals surface area (Å²) in [4.78, 5) is 44.2. The third-order valence-electron chi connectivity index (χ3n) is 5.69. The van der Waals surface area contributed by atoms with Crippen LogP contribution in [0.1, 0.15) is 0 Å². The van der Waals surface area contributed by atoms with Crippen molar-refractivity contribution in [2.24, 2.45) is 0 Å². The Balaban J connectivity index is 5.24. The third kappa shape index (κ3) is 15.8. The van der Waals surface area contributed by atoms with Crippen molar-refractivity contribution < 1.29 is 127 Å². The maximum absolute atomic E-state index is 14.0. The summed E-state index contributed by atoms with van der Waals surface area (Å²) in [6.07, 6.45) is -26.5. The van der Waals surface area contributed by atoms with Crippen LogP contribution in [-0.2, 0) is 38.0 Å². The minimum absolute atomic E-state index is 0.648. The van der Waals surface area contributed by atoms with E-state index in [2.05, 4.69) is 41.6 Å². The molecule has 12 nitrogen and oxygen atoms in total. The van der Waals surface area contributed by atoms with Gasteiger partial charge < -0.3 is 29.6 Å². The van der Waals surface area contributed by atoms with Crippen LogP contribution in [0.5, 0.6) is 0 Å². The first-order valence-electron chi connectivity index (χ1n) is 14.5. The van der Waals surface area contributed by atoms with Crippen molar-refractivity contribution in [3.63, 3.8) is 0 Å². The molecule has 2 atom stereocenters. The average molecular weight is 933 g/mol. The first-order valence-corrected chi connectivity index (χ1v) is 16.5. The highest BCUT2D eigenvalue weighted by Gasteiger charge is 2.76. The van der Waals surface area contributed by atoms with E-state index in [1.165, 1.54) is 10.6 Å². The molecule has 2 N–H and O–H groups in total. The average Bonchev–Trinajstić information content (AvgIpc) is 3.10. The standard InChI is InChI=1S/C26H26F18N2O10S2/c1-3-13(47)51-7-5-45-17(49)53-11-19(29,30)23(37,38)25(41,42)55-15(27)21(33,34)57-9-10-58-22(35,36)16(28)56-26(43,44)24(39,40)20(31,32)12-54-18(50)46-6-8-52-14(48)4-2/h3-4,15-16H,1-2,5-12H2,(H,45,49)(H,46,50). The maximum atomic E-state index is 14.0. The van der Waals surface area contributed by atoms with Crippen molar-refractivity contribution >= 4 is 47.6 Å². The highest BCUT2D eigenvalue weighted by atomic mass is 32.2. The van der Waals surface area contributed by atoms with Gasteiger partial charge in [-0.3, -0.25) is 9.47 Å². The molecule has 338 valence electrons. The van der Waals surface area contributed by atoms with E-state index >= 15 is 0 Å². The highest BCUT2D eigenvalue weighted by Crippen LogP contribution is 2.51. The van der Waals surface area contributed by atoms with Gasteiger partial charge in [-0.2, -0.15) is 70.2 Å². The molecule has 0 aromatic carbocycles. The Kier molecular flexibility index (Phi) is 20.2. The van der Waals surface area contributed by atoms with Crippen LogP contribution < -0.4 is 10.6 Å². The molecule has 0 rings (SSSR count). The number of ether oxygens (including phenoxy) is 6. The Morgan fingerprint density at radius 2 is 0.828 bits per heavy atom. The number of alkyl halides is 18. The van der Waals surface area contributed by atoms with E-state index < -0.39 is 158 Å². The van der Waals surface area contributed by atoms with Gasteiger partial charge in [0.2, 0.25) is 0 Å². The van der Waals surface area contributed by atoms with Crippen LogP contribution in [-0.4, -0.2) is 134 Å². The molecule has 0 aromatic rings. The van der Waals surface area contributed by atoms with Crippen LogP contribution in [0, 0.1) is 0 Å². The van der Waals surface area contributed by atoms with Gasteiger partial charge in [-0.1, -0.05) is 36.7 Å². The summed E-state index contributed by atoms with van der Waals surface area (Å²) in [5.74, 6) is -31.9. The summed E-state index contributed by atoms with van der Waals surface area (Å²) >= 11 is -2.82. The van der Waals surface area contributed by atoms with Crippen molar-refractivity contribution in [2.75, 3.05) is 51.0 Å². The van der Waals surface area contributed by atoms with Crippen molar-refractivity contribution in [3.05, 3.63) is 25.3 Å². The molecule has 58 heavy (non-hydrogen) atoms. The van der Waals surface area contributed by atoms with E-state index in [4.69, 9.17) is 0 Å². The number of thioether (sulfide) groups is 2. The SMILES string of the molecule is C=CC(=O)OCCNC(=O)OCC(F)(F)C(F)(F)C(F)(F)OC(F)C(F)(F)SCCSC(F)(F)C(F)OC(F)(F)C(F)(F)C(F)(F)COC(=O)NCCOC(=O)C=C. The Labute approximate surface area is 320 Å². The number of amides is 2. The zero-order valence-electron chi connectivity index (χ0n) is 28.1. The predicted octanol–water partition coefficient (Wildman–Crippen LogP) is 6.90. The second-order valence-electron chi connectivity index (χ2n) is 10.0. The van der Waals surface area contributed by atoms with Crippen LogP contribution in [0.15, 0.2) is 25.3 Å². The van der Waals surface area contributed by atoms with E-state index in [9.17, 15) is 98.2 Å². The van der Waals surface area contributed by atoms with Crippen molar-refractivity contribution in [1.82, 2.24) is 10.6 Å². The van der Waals surface area contributed by atoms with Crippen molar-refractivity contribution in [3.8, 4) is 0 Å². The van der Waals surface area contributed by atoms with E-state index in [1.807, 2.05) is 0 Å². The lowest BCUT2D eigenvalue weighted by Gasteiger charge is -2.33. The summed E-state index contributed by atoms with van der Waals surface area (Å²) in [5.41, 5.74) is 0. The van der Waals surface area contributed by atoms with Gasteiger partial charge in [-0.05, 0) is 0 Å². The minimum atomic E-state index is -6.95. The van der Waals surface area contributed by atoms with Gasteiger partial charge in [-0.25, -0.2) is 28.0 Å². The van der Waals surface area contributed by atoms with Crippen LogP contribution in [0.3, 0.4) is 0 Å². The van der Waals surface area contributed by atoms with Gasteiger partial charge in [-0.15, -0.1) is 0 Å². The number of nitrogens with one attached hydrogen (secondary N) is 2. The van der Waals surface area contributed by atoms with Gasteiger partial charge in [0.25, 0.3) is 12.7 Å². The number of carbonyl (C=O) groups is 4. The zero-order valence-corrected chi connectivity index (χ0v) is 29.7. The second kappa shape index (κ2) is 21.5. The fourth-order valence-corrected chi connectivity index (χ4v) is 4.35. The molecule has 2 amide bonds. The van der Waals surface area contributed by atoms with E-state index in [1.54, 1.807) is 0 Å². The molecule has 0 aliphatic heterocycles. The summed E-state index contributed by atoms with van der Waals surface area (Å²) in [7, 11) is 0. The molecule has 0 heterocycles. The zero-order chi connectivity index (χ0) is 45.6. The molecule has 0 aliphatic rings. The number of hydrogen-bond donors (Lipinski definition) is 2. The van der Waals surface area contributed by atoms with Gasteiger partial charge in [0.1, 0.15) is 13.2 Å². The van der Waals surface area contributed by atoms with Gasteiger partial charge in [0.05, 0.1) is 13.1 Å². The normalized spacial score (nSPS) is 14.4. The van der Waals surface area contributed by atoms with Crippen molar-refractivity contribution in [1.29, 1.82) is 0 Å². The monoisotopic (exact) mass is 932 g/mol. The molecule has 0 bridgehead atoms. The molecule has 0 aliphatic carbocycles. The second-order valence-corrected chi connectivity index (χ2v) is 12.5. The Morgan fingerprint density at radius 3 is 1.10 bits per heavy atom. The first-order chi connectivity index (χ1) is 26.2. The molecule has 0 saturated heterocycles. The number of halogens is 18. The van der Waals surface area contributed by atoms with E-state index in [0.717, 1.165) is 0 Å². The molecule has 0 saturated carbocycles. The topological polar surface area (TPSA) is 148 Å². The largest absolute Gasteiger partial charge is 0.461 e. The highest BCUT2D eigenvalue weighted by molar-refractivity contribution is 8.04. The maximum Gasteiger partial charge on any atom is 0.428 e. The molecule has 0 fully saturated rings. The molecule has 0 spiro atoms. The number of carbonyl (C=O) groups excluding carboxylic acids is 4. The fraction of sp³-hybridized carbons (Fsp3) is 0.692. The number of rotatable bonds is 27. The van der Waals surface area contributed by atoms with Crippen LogP contribution in [0.2, 0.25) is 0 Å². The molecular weight excluding hydrogens is 906 g/mol. The Hall–Kier alpha value is -3.68. The third-order valence-corrected chi connectivity index (χ3v) is 7.90. The van der Waals surface area contributed by atoms with Crippen LogP contribution >= 0.6 is 23.5 Å². The summed E-state index contributed by atoms with van der Waals surface area (Å²) in [6.45, 7) is -2.65. The van der Waals surface area contributed by atoms with Gasteiger partial charge >= 0.3 is 70.5 Å². The molecule has 0 aromatic heterocycles. The summed E-state index contributed by atoms with van der Waals surface area (Å²) < 4.78 is 271. The number of alkyl carbamates (subject to hydrolysis) is 2. The van der Waals surface area contributed by atoms with E-state index in [0.29, 0.717) is 12.2 Å². The van der Waals surface area contributed by atoms with E-state index in [-0.39, 0.29) is 0 Å². The number of hydrogen-bond acceptors (Lipinski definition) is 12. The lowest BCUT2D eigenvalue weighted by molar-refractivity contribution is -0.428. The molecule has 32 heteroatoms. The van der Waals surface area contributed by atoms with Crippen molar-refractivity contribution in [2.45, 2.75) is 59.1 Å². The summed E-state index contributed by atoms with van der Waals surface area (Å²) in [6, 6.07) is 0. The van der Waals surface area contributed by atoms with Gasteiger partial charge in [0, 0.05) is 23.7 Å². The fourth-order valence-electron chi connectivity index (χ4n) is 2.78. The lowest BCUT2D eigenvalue weighted by Crippen LogP contribution is -2.59. The number of esters is 2. The smallest absolute Gasteiger partial charge is 0.428 e. The predicted molar refractivity (Wildman–Crippen MR) is 157 cm³/mol. The van der Waals surface area contributed by atoms with Gasteiger partial charge in [0.15, 0.2) is 13.2 Å². The van der Waals surface area contributed by atoms with Crippen LogP contribution in [0.25, 0.3) is 0 Å². The van der Waals surface area contributed by atoms with Crippen LogP contribution in [0.4, 0.5) is 88.6 Å². The molecular formula is C26H26F18N2O10S2. The lowest BCUT2D eigenvalue weighted by atomic mass is 10.1. The quantitative estimate of drug-likeness (QED) is 0.0291. The minimum Gasteiger partial charge on any atom is -0.461 e. The Morgan fingerprint density at radius 1 is 0.534 bits per heavy atom. The molecule has 2 unspecified atom stereocenters. The Bertz CT molecular complexity index is 1310.